The van der Waals surface area contributed by atoms with E-state index in [1.54, 1.807) is 29.3 Å². The molecule has 4 rings (SSSR count). The van der Waals surface area contributed by atoms with Crippen LogP contribution in [0.4, 0.5) is 0 Å². The molecule has 150 valence electrons. The molecule has 5 nitrogen and oxygen atoms in total. The summed E-state index contributed by atoms with van der Waals surface area (Å²) in [5.74, 6) is 0.0721. The molecule has 29 heavy (non-hydrogen) atoms. The molecule has 0 N–H and O–H groups in total. The van der Waals surface area contributed by atoms with Crippen LogP contribution >= 0.6 is 23.1 Å². The zero-order chi connectivity index (χ0) is 20.1. The molecule has 0 saturated carbocycles. The van der Waals surface area contributed by atoms with Crippen molar-refractivity contribution >= 4 is 29.0 Å². The quantitative estimate of drug-likeness (QED) is 0.610. The lowest BCUT2D eigenvalue weighted by molar-refractivity contribution is 0.0756. The van der Waals surface area contributed by atoms with E-state index in [9.17, 15) is 4.79 Å². The number of aryl methyl sites for hydroxylation is 1. The number of carbonyl (C=O) groups is 1. The maximum atomic E-state index is 13.3. The van der Waals surface area contributed by atoms with Crippen molar-refractivity contribution in [2.45, 2.75) is 29.8 Å². The van der Waals surface area contributed by atoms with Crippen LogP contribution in [0, 0.1) is 6.92 Å². The summed E-state index contributed by atoms with van der Waals surface area (Å²) in [5, 5.41) is 4.00. The number of pyridine rings is 1. The predicted molar refractivity (Wildman–Crippen MR) is 117 cm³/mol. The Kier molecular flexibility index (Phi) is 6.59. The number of nitrogens with zero attached hydrogens (tertiary/aromatic N) is 4. The Labute approximate surface area is 179 Å². The highest BCUT2D eigenvalue weighted by molar-refractivity contribution is 7.99. The van der Waals surface area contributed by atoms with Gasteiger partial charge in [-0.1, -0.05) is 30.0 Å². The molecule has 7 heteroatoms. The van der Waals surface area contributed by atoms with Crippen molar-refractivity contribution in [2.24, 2.45) is 0 Å². The van der Waals surface area contributed by atoms with Crippen LogP contribution in [0.15, 0.2) is 64.0 Å². The summed E-state index contributed by atoms with van der Waals surface area (Å²) >= 11 is 3.23. The van der Waals surface area contributed by atoms with Crippen molar-refractivity contribution in [3.8, 4) is 0 Å². The number of aromatic nitrogens is 2. The van der Waals surface area contributed by atoms with E-state index in [1.807, 2.05) is 54.3 Å². The van der Waals surface area contributed by atoms with Gasteiger partial charge < -0.3 is 4.90 Å². The Hall–Kier alpha value is -2.22. The maximum absolute atomic E-state index is 13.3. The average molecular weight is 425 g/mol. The first-order valence-electron chi connectivity index (χ1n) is 9.79. The number of hydrogen-bond donors (Lipinski definition) is 0. The summed E-state index contributed by atoms with van der Waals surface area (Å²) in [5.41, 5.74) is 1.81. The number of rotatable bonds is 5. The molecule has 0 bridgehead atoms. The highest BCUT2D eigenvalue weighted by Gasteiger charge is 2.23. The molecular formula is C22H24N4OS2. The van der Waals surface area contributed by atoms with Crippen LogP contribution in [0.25, 0.3) is 0 Å². The first-order valence-corrected chi connectivity index (χ1v) is 11.5. The van der Waals surface area contributed by atoms with Gasteiger partial charge in [0, 0.05) is 49.2 Å². The normalized spacial score (nSPS) is 15.3. The molecule has 2 aromatic heterocycles. The van der Waals surface area contributed by atoms with E-state index in [4.69, 9.17) is 0 Å². The highest BCUT2D eigenvalue weighted by atomic mass is 32.2. The molecule has 1 aromatic carbocycles. The monoisotopic (exact) mass is 424 g/mol. The van der Waals surface area contributed by atoms with Crippen molar-refractivity contribution < 1.29 is 4.79 Å². The number of hydrogen-bond acceptors (Lipinski definition) is 6. The third kappa shape index (κ3) is 5.23. The molecule has 3 aromatic rings. The lowest BCUT2D eigenvalue weighted by Gasteiger charge is -2.22. The van der Waals surface area contributed by atoms with E-state index in [0.717, 1.165) is 59.8 Å². The summed E-state index contributed by atoms with van der Waals surface area (Å²) in [6.45, 7) is 6.25. The molecule has 1 amide bonds. The molecule has 0 spiro atoms. The van der Waals surface area contributed by atoms with Gasteiger partial charge in [-0.3, -0.25) is 9.69 Å². The van der Waals surface area contributed by atoms with Crippen LogP contribution in [0.3, 0.4) is 0 Å². The number of carbonyl (C=O) groups excluding carboxylic acids is 1. The number of thiazole rings is 1. The fourth-order valence-electron chi connectivity index (χ4n) is 3.45. The zero-order valence-electron chi connectivity index (χ0n) is 16.5. The second kappa shape index (κ2) is 9.52. The van der Waals surface area contributed by atoms with Crippen molar-refractivity contribution in [2.75, 3.05) is 26.2 Å². The van der Waals surface area contributed by atoms with Crippen LogP contribution in [0.2, 0.25) is 0 Å². The molecular weight excluding hydrogens is 400 g/mol. The second-order valence-electron chi connectivity index (χ2n) is 7.05. The Morgan fingerprint density at radius 3 is 2.76 bits per heavy atom. The fraction of sp³-hybridized carbons (Fsp3) is 0.318. The van der Waals surface area contributed by atoms with Gasteiger partial charge in [0.2, 0.25) is 0 Å². The predicted octanol–water partition coefficient (Wildman–Crippen LogP) is 4.35. The van der Waals surface area contributed by atoms with Gasteiger partial charge in [0.15, 0.2) is 0 Å². The Balaban J connectivity index is 1.43. The molecule has 0 radical (unpaired) electrons. The zero-order valence-corrected chi connectivity index (χ0v) is 18.1. The van der Waals surface area contributed by atoms with Gasteiger partial charge >= 0.3 is 0 Å². The largest absolute Gasteiger partial charge is 0.337 e. The summed E-state index contributed by atoms with van der Waals surface area (Å²) in [4.78, 5) is 27.8. The van der Waals surface area contributed by atoms with E-state index < -0.39 is 0 Å². The van der Waals surface area contributed by atoms with Gasteiger partial charge in [0.1, 0.15) is 5.03 Å². The minimum Gasteiger partial charge on any atom is -0.337 e. The Bertz CT molecular complexity index is 960. The van der Waals surface area contributed by atoms with Crippen molar-refractivity contribution in [3.63, 3.8) is 0 Å². The topological polar surface area (TPSA) is 49.3 Å². The smallest absolute Gasteiger partial charge is 0.256 e. The first kappa shape index (κ1) is 20.1. The first-order chi connectivity index (χ1) is 14.2. The molecule has 1 saturated heterocycles. The van der Waals surface area contributed by atoms with Gasteiger partial charge in [-0.25, -0.2) is 9.97 Å². The van der Waals surface area contributed by atoms with Crippen LogP contribution in [-0.4, -0.2) is 51.9 Å². The standard InChI is InChI=1S/C22H24N4OS2/c1-17-24-18(16-28-17)15-25-11-6-12-26(14-13-25)22(27)20-9-5-10-23-21(20)29-19-7-3-2-4-8-19/h2-5,7-10,16H,6,11-15H2,1H3. The molecule has 0 aliphatic carbocycles. The van der Waals surface area contributed by atoms with E-state index in [2.05, 4.69) is 20.2 Å². The number of benzene rings is 1. The summed E-state index contributed by atoms with van der Waals surface area (Å²) in [7, 11) is 0. The Morgan fingerprint density at radius 2 is 1.97 bits per heavy atom. The summed E-state index contributed by atoms with van der Waals surface area (Å²) < 4.78 is 0. The van der Waals surface area contributed by atoms with Gasteiger partial charge in [-0.2, -0.15) is 0 Å². The molecule has 1 aliphatic rings. The van der Waals surface area contributed by atoms with E-state index in [0.29, 0.717) is 5.56 Å². The van der Waals surface area contributed by atoms with Crippen molar-refractivity contribution in [1.82, 2.24) is 19.8 Å². The van der Waals surface area contributed by atoms with Gasteiger partial charge in [-0.15, -0.1) is 11.3 Å². The minimum absolute atomic E-state index is 0.0721. The van der Waals surface area contributed by atoms with E-state index in [-0.39, 0.29) is 5.91 Å². The van der Waals surface area contributed by atoms with Crippen LogP contribution in [0.1, 0.15) is 27.5 Å². The van der Waals surface area contributed by atoms with Crippen molar-refractivity contribution in [1.29, 1.82) is 0 Å². The van der Waals surface area contributed by atoms with Crippen LogP contribution in [0.5, 0.6) is 0 Å². The summed E-state index contributed by atoms with van der Waals surface area (Å²) in [6, 6.07) is 13.8. The third-order valence-corrected chi connectivity index (χ3v) is 6.74. The maximum Gasteiger partial charge on any atom is 0.256 e. The SMILES string of the molecule is Cc1nc(CN2CCCN(C(=O)c3cccnc3Sc3ccccc3)CC2)cs1. The molecule has 0 atom stereocenters. The lowest BCUT2D eigenvalue weighted by Crippen LogP contribution is -2.35. The van der Waals surface area contributed by atoms with Gasteiger partial charge in [-0.05, 0) is 37.6 Å². The Morgan fingerprint density at radius 1 is 1.10 bits per heavy atom. The highest BCUT2D eigenvalue weighted by Crippen LogP contribution is 2.29. The van der Waals surface area contributed by atoms with Crippen molar-refractivity contribution in [3.05, 3.63) is 70.3 Å². The van der Waals surface area contributed by atoms with Gasteiger partial charge in [0.05, 0.1) is 16.3 Å². The number of amides is 1. The van der Waals surface area contributed by atoms with E-state index >= 15 is 0 Å². The lowest BCUT2D eigenvalue weighted by atomic mass is 10.2. The average Bonchev–Trinajstić information content (AvgIpc) is 3.01. The third-order valence-electron chi connectivity index (χ3n) is 4.89. The fourth-order valence-corrected chi connectivity index (χ4v) is 4.95. The van der Waals surface area contributed by atoms with Crippen LogP contribution in [-0.2, 0) is 6.54 Å². The minimum atomic E-state index is 0.0721. The second-order valence-corrected chi connectivity index (χ2v) is 9.18. The molecule has 3 heterocycles. The molecule has 1 aliphatic heterocycles. The molecule has 1 fully saturated rings. The molecule has 0 unspecified atom stereocenters. The van der Waals surface area contributed by atoms with Gasteiger partial charge in [0.25, 0.3) is 5.91 Å². The van der Waals surface area contributed by atoms with E-state index in [1.165, 1.54) is 0 Å². The van der Waals surface area contributed by atoms with Crippen LogP contribution < -0.4 is 0 Å². The summed E-state index contributed by atoms with van der Waals surface area (Å²) in [6.07, 6.45) is 2.72.